The minimum absolute atomic E-state index is 0.227. The van der Waals surface area contributed by atoms with E-state index in [1.54, 1.807) is 0 Å². The van der Waals surface area contributed by atoms with Gasteiger partial charge in [-0.05, 0) is 38.2 Å². The molecular formula is C20H24N4O2. The van der Waals surface area contributed by atoms with Crippen LogP contribution in [0.3, 0.4) is 0 Å². The molecule has 3 aromatic rings. The quantitative estimate of drug-likeness (QED) is 0.710. The molecule has 1 heterocycles. The predicted octanol–water partition coefficient (Wildman–Crippen LogP) is 2.78. The Morgan fingerprint density at radius 1 is 1.12 bits per heavy atom. The van der Waals surface area contributed by atoms with Gasteiger partial charge in [0.2, 0.25) is 0 Å². The fourth-order valence-electron chi connectivity index (χ4n) is 2.65. The Labute approximate surface area is 153 Å². The molecule has 1 aromatic heterocycles. The van der Waals surface area contributed by atoms with Crippen molar-refractivity contribution in [3.8, 4) is 6.01 Å². The number of nitrogens with one attached hydrogen (secondary N) is 1. The normalized spacial score (nSPS) is 11.0. The van der Waals surface area contributed by atoms with Gasteiger partial charge in [-0.2, -0.15) is 4.98 Å². The lowest BCUT2D eigenvalue weighted by Gasteiger charge is -2.12. The number of amides is 1. The molecule has 0 atom stereocenters. The van der Waals surface area contributed by atoms with Crippen molar-refractivity contribution in [2.75, 3.05) is 33.8 Å². The average molecular weight is 352 g/mol. The molecule has 0 aliphatic carbocycles. The van der Waals surface area contributed by atoms with Crippen LogP contribution in [0, 0.1) is 0 Å². The molecule has 0 aliphatic heterocycles. The Morgan fingerprint density at radius 3 is 2.62 bits per heavy atom. The van der Waals surface area contributed by atoms with Crippen LogP contribution in [0.2, 0.25) is 0 Å². The number of carbonyl (C=O) groups is 1. The number of aromatic nitrogens is 2. The second-order valence-corrected chi connectivity index (χ2v) is 6.34. The third kappa shape index (κ3) is 4.40. The molecule has 0 bridgehead atoms. The summed E-state index contributed by atoms with van der Waals surface area (Å²) in [5.74, 6) is 0. The first-order chi connectivity index (χ1) is 12.6. The first-order valence-electron chi connectivity index (χ1n) is 8.72. The number of fused-ring (bicyclic) bond motifs is 1. The number of hydrogen-bond donors (Lipinski definition) is 1. The number of hydrogen-bond acceptors (Lipinski definition) is 4. The number of rotatable bonds is 7. The Kier molecular flexibility index (Phi) is 5.86. The third-order valence-electron chi connectivity index (χ3n) is 4.04. The van der Waals surface area contributed by atoms with Gasteiger partial charge in [0, 0.05) is 13.1 Å². The first-order valence-corrected chi connectivity index (χ1v) is 8.72. The number of imidazole rings is 1. The summed E-state index contributed by atoms with van der Waals surface area (Å²) in [6, 6.07) is 17.7. The highest BCUT2D eigenvalue weighted by Crippen LogP contribution is 2.21. The smallest absolute Gasteiger partial charge is 0.330 e. The SMILES string of the molecule is CN(C)CCOc1nc2ccccc2n1C(=O)NCCc1ccccc1. The van der Waals surface area contributed by atoms with Gasteiger partial charge in [0.1, 0.15) is 6.61 Å². The molecular weight excluding hydrogens is 328 g/mol. The Hall–Kier alpha value is -2.86. The first kappa shape index (κ1) is 17.9. The van der Waals surface area contributed by atoms with E-state index < -0.39 is 0 Å². The number of ether oxygens (including phenoxy) is 1. The fourth-order valence-corrected chi connectivity index (χ4v) is 2.65. The molecule has 0 spiro atoms. The third-order valence-corrected chi connectivity index (χ3v) is 4.04. The summed E-state index contributed by atoms with van der Waals surface area (Å²) in [6.45, 7) is 1.76. The minimum Gasteiger partial charge on any atom is -0.463 e. The van der Waals surface area contributed by atoms with Gasteiger partial charge in [-0.3, -0.25) is 0 Å². The van der Waals surface area contributed by atoms with Crippen molar-refractivity contribution < 1.29 is 9.53 Å². The number of nitrogens with zero attached hydrogens (tertiary/aromatic N) is 3. The molecule has 0 saturated heterocycles. The monoisotopic (exact) mass is 352 g/mol. The van der Waals surface area contributed by atoms with Crippen molar-refractivity contribution in [3.63, 3.8) is 0 Å². The highest BCUT2D eigenvalue weighted by molar-refractivity contribution is 5.90. The predicted molar refractivity (Wildman–Crippen MR) is 103 cm³/mol. The van der Waals surface area contributed by atoms with Gasteiger partial charge in [-0.15, -0.1) is 0 Å². The molecule has 0 radical (unpaired) electrons. The summed E-state index contributed by atoms with van der Waals surface area (Å²) in [7, 11) is 3.95. The van der Waals surface area contributed by atoms with E-state index >= 15 is 0 Å². The molecule has 6 heteroatoms. The summed E-state index contributed by atoms with van der Waals surface area (Å²) in [6.07, 6.45) is 0.774. The molecule has 26 heavy (non-hydrogen) atoms. The maximum Gasteiger partial charge on any atom is 0.330 e. The second kappa shape index (κ2) is 8.49. The van der Waals surface area contributed by atoms with Crippen LogP contribution in [0.15, 0.2) is 54.6 Å². The summed E-state index contributed by atoms with van der Waals surface area (Å²) in [4.78, 5) is 19.2. The van der Waals surface area contributed by atoms with Crippen LogP contribution >= 0.6 is 0 Å². The summed E-state index contributed by atoms with van der Waals surface area (Å²) < 4.78 is 7.28. The highest BCUT2D eigenvalue weighted by atomic mass is 16.5. The maximum atomic E-state index is 12.7. The largest absolute Gasteiger partial charge is 0.463 e. The molecule has 0 fully saturated rings. The Bertz CT molecular complexity index is 859. The van der Waals surface area contributed by atoms with E-state index in [4.69, 9.17) is 4.74 Å². The minimum atomic E-state index is -0.227. The van der Waals surface area contributed by atoms with Gasteiger partial charge >= 0.3 is 12.0 Å². The molecule has 0 saturated carbocycles. The van der Waals surface area contributed by atoms with E-state index in [2.05, 4.69) is 22.4 Å². The van der Waals surface area contributed by atoms with Gasteiger partial charge in [-0.1, -0.05) is 42.5 Å². The summed E-state index contributed by atoms with van der Waals surface area (Å²) in [5.41, 5.74) is 2.67. The lowest BCUT2D eigenvalue weighted by molar-refractivity contribution is 0.224. The van der Waals surface area contributed by atoms with E-state index in [0.717, 1.165) is 24.0 Å². The van der Waals surface area contributed by atoms with Crippen LogP contribution in [0.25, 0.3) is 11.0 Å². The standard InChI is InChI=1S/C20H24N4O2/c1-23(2)14-15-26-20-22-17-10-6-7-11-18(17)24(20)19(25)21-13-12-16-8-4-3-5-9-16/h3-11H,12-15H2,1-2H3,(H,21,25). The van der Waals surface area contributed by atoms with E-state index in [1.165, 1.54) is 10.1 Å². The molecule has 1 N–H and O–H groups in total. The van der Waals surface area contributed by atoms with Crippen molar-refractivity contribution >= 4 is 17.1 Å². The molecule has 0 aliphatic rings. The van der Waals surface area contributed by atoms with Crippen LogP contribution in [-0.4, -0.2) is 54.3 Å². The zero-order valence-corrected chi connectivity index (χ0v) is 15.2. The Morgan fingerprint density at radius 2 is 1.85 bits per heavy atom. The molecule has 1 amide bonds. The van der Waals surface area contributed by atoms with Crippen molar-refractivity contribution in [3.05, 3.63) is 60.2 Å². The number of benzene rings is 2. The van der Waals surface area contributed by atoms with Crippen LogP contribution in [0.5, 0.6) is 6.01 Å². The van der Waals surface area contributed by atoms with Gasteiger partial charge in [0.05, 0.1) is 11.0 Å². The molecule has 3 rings (SSSR count). The lowest BCUT2D eigenvalue weighted by atomic mass is 10.1. The van der Waals surface area contributed by atoms with E-state index in [-0.39, 0.29) is 6.03 Å². The van der Waals surface area contributed by atoms with Crippen molar-refractivity contribution in [1.82, 2.24) is 19.8 Å². The van der Waals surface area contributed by atoms with Crippen LogP contribution < -0.4 is 10.1 Å². The molecule has 2 aromatic carbocycles. The average Bonchev–Trinajstić information content (AvgIpc) is 3.00. The van der Waals surface area contributed by atoms with Crippen LogP contribution in [-0.2, 0) is 6.42 Å². The molecule has 136 valence electrons. The summed E-state index contributed by atoms with van der Waals surface area (Å²) in [5, 5.41) is 2.96. The van der Waals surface area contributed by atoms with Crippen molar-refractivity contribution in [2.24, 2.45) is 0 Å². The van der Waals surface area contributed by atoms with E-state index in [1.807, 2.05) is 61.5 Å². The number of carbonyl (C=O) groups excluding carboxylic acids is 1. The number of likely N-dealkylation sites (N-methyl/N-ethyl adjacent to an activating group) is 1. The van der Waals surface area contributed by atoms with Gasteiger partial charge < -0.3 is 15.0 Å². The molecule has 6 nitrogen and oxygen atoms in total. The van der Waals surface area contributed by atoms with Gasteiger partial charge in [0.15, 0.2) is 0 Å². The van der Waals surface area contributed by atoms with E-state index in [9.17, 15) is 4.79 Å². The topological polar surface area (TPSA) is 59.4 Å². The zero-order chi connectivity index (χ0) is 18.4. The van der Waals surface area contributed by atoms with Crippen molar-refractivity contribution in [1.29, 1.82) is 0 Å². The zero-order valence-electron chi connectivity index (χ0n) is 15.2. The Balaban J connectivity index is 1.72. The van der Waals surface area contributed by atoms with Gasteiger partial charge in [0.25, 0.3) is 0 Å². The number of para-hydroxylation sites is 2. The van der Waals surface area contributed by atoms with Crippen LogP contribution in [0.4, 0.5) is 4.79 Å². The highest BCUT2D eigenvalue weighted by Gasteiger charge is 2.17. The van der Waals surface area contributed by atoms with Crippen molar-refractivity contribution in [2.45, 2.75) is 6.42 Å². The fraction of sp³-hybridized carbons (Fsp3) is 0.300. The second-order valence-electron chi connectivity index (χ2n) is 6.34. The molecule has 0 unspecified atom stereocenters. The lowest BCUT2D eigenvalue weighted by Crippen LogP contribution is -2.31. The van der Waals surface area contributed by atoms with Gasteiger partial charge in [-0.25, -0.2) is 9.36 Å². The van der Waals surface area contributed by atoms with E-state index in [0.29, 0.717) is 19.2 Å². The maximum absolute atomic E-state index is 12.7. The summed E-state index contributed by atoms with van der Waals surface area (Å²) >= 11 is 0. The van der Waals surface area contributed by atoms with Crippen LogP contribution in [0.1, 0.15) is 5.56 Å².